The van der Waals surface area contributed by atoms with Crippen LogP contribution >= 0.6 is 0 Å². The van der Waals surface area contributed by atoms with Gasteiger partial charge in [-0.1, -0.05) is 55.8 Å². The van der Waals surface area contributed by atoms with Crippen LogP contribution in [0.25, 0.3) is 0 Å². The summed E-state index contributed by atoms with van der Waals surface area (Å²) < 4.78 is 53.1. The van der Waals surface area contributed by atoms with Crippen molar-refractivity contribution in [2.45, 2.75) is 51.6 Å². The van der Waals surface area contributed by atoms with E-state index >= 15 is 0 Å². The Morgan fingerprint density at radius 1 is 0.854 bits per heavy atom. The molecule has 41 heavy (non-hydrogen) atoms. The average molecular weight is 586 g/mol. The van der Waals surface area contributed by atoms with E-state index < -0.39 is 27.7 Å². The van der Waals surface area contributed by atoms with Crippen LogP contribution in [0.3, 0.4) is 0 Å². The van der Waals surface area contributed by atoms with E-state index in [0.29, 0.717) is 17.8 Å². The molecule has 3 aromatic carbocycles. The number of amides is 2. The summed E-state index contributed by atoms with van der Waals surface area (Å²) in [6, 6.07) is 19.4. The van der Waals surface area contributed by atoms with Crippen molar-refractivity contribution in [3.05, 3.63) is 102 Å². The molecule has 1 atom stereocenters. The van der Waals surface area contributed by atoms with Crippen LogP contribution < -0.4 is 9.62 Å². The summed E-state index contributed by atoms with van der Waals surface area (Å²) in [5.41, 5.74) is 1.82. The van der Waals surface area contributed by atoms with Gasteiger partial charge in [-0.25, -0.2) is 17.2 Å². The number of carbonyl (C=O) groups is 2. The predicted octanol–water partition coefficient (Wildman–Crippen LogP) is 5.07. The molecule has 0 saturated carbocycles. The molecule has 0 fully saturated rings. The lowest BCUT2D eigenvalue weighted by Gasteiger charge is -2.32. The first-order valence-electron chi connectivity index (χ1n) is 13.7. The van der Waals surface area contributed by atoms with Crippen LogP contribution in [-0.2, 0) is 32.6 Å². The minimum absolute atomic E-state index is 0.00730. The molecule has 0 aromatic heterocycles. The van der Waals surface area contributed by atoms with Gasteiger partial charge in [0, 0.05) is 32.5 Å². The zero-order valence-corrected chi connectivity index (χ0v) is 24.2. The van der Waals surface area contributed by atoms with Gasteiger partial charge in [0.25, 0.3) is 0 Å². The third kappa shape index (κ3) is 9.97. The van der Waals surface area contributed by atoms with Crippen LogP contribution in [0.4, 0.5) is 14.5 Å². The monoisotopic (exact) mass is 585 g/mol. The van der Waals surface area contributed by atoms with Gasteiger partial charge in [0.2, 0.25) is 21.8 Å². The molecule has 2 amide bonds. The zero-order chi connectivity index (χ0) is 29.8. The maximum Gasteiger partial charge on any atom is 0.243 e. The fourth-order valence-electron chi connectivity index (χ4n) is 4.46. The van der Waals surface area contributed by atoms with Crippen LogP contribution in [0.1, 0.15) is 43.7 Å². The smallest absolute Gasteiger partial charge is 0.243 e. The highest BCUT2D eigenvalue weighted by molar-refractivity contribution is 7.92. The number of carbonyl (C=O) groups excluding carboxylic acids is 2. The van der Waals surface area contributed by atoms with Gasteiger partial charge in [-0.3, -0.25) is 13.9 Å². The molecule has 10 heteroatoms. The number of halogens is 2. The molecular formula is C31H37F2N3O4S. The SMILES string of the molecule is CCCCNC(=O)[C@H](Cc1ccccc1)N(Cc1ccc(F)cc1)C(=O)CCCN(c1ccc(F)cc1)S(C)(=O)=O. The molecular weight excluding hydrogens is 548 g/mol. The summed E-state index contributed by atoms with van der Waals surface area (Å²) in [7, 11) is -3.70. The van der Waals surface area contributed by atoms with E-state index in [0.717, 1.165) is 29.0 Å². The lowest BCUT2D eigenvalue weighted by molar-refractivity contribution is -0.141. The molecule has 0 unspecified atom stereocenters. The molecule has 0 saturated heterocycles. The Labute approximate surface area is 241 Å². The van der Waals surface area contributed by atoms with E-state index in [2.05, 4.69) is 5.32 Å². The molecule has 220 valence electrons. The van der Waals surface area contributed by atoms with Gasteiger partial charge < -0.3 is 10.2 Å². The Bertz CT molecular complexity index is 1370. The third-order valence-corrected chi connectivity index (χ3v) is 7.83. The standard InChI is InChI=1S/C31H37F2N3O4S/c1-3-4-20-34-31(38)29(22-24-9-6-5-7-10-24)35(23-25-12-14-26(32)15-13-25)30(37)11-8-21-36(41(2,39)40)28-18-16-27(33)17-19-28/h5-7,9-10,12-19,29H,3-4,8,11,20-23H2,1-2H3,(H,34,38)/t29-/m0/s1. The fraction of sp³-hybridized carbons (Fsp3) is 0.355. The van der Waals surface area contributed by atoms with Gasteiger partial charge in [0.15, 0.2) is 0 Å². The second-order valence-corrected chi connectivity index (χ2v) is 11.8. The number of unbranched alkanes of at least 4 members (excludes halogenated alkanes) is 1. The summed E-state index contributed by atoms with van der Waals surface area (Å²) >= 11 is 0. The van der Waals surface area contributed by atoms with Gasteiger partial charge in [-0.2, -0.15) is 0 Å². The topological polar surface area (TPSA) is 86.8 Å². The maximum absolute atomic E-state index is 13.7. The highest BCUT2D eigenvalue weighted by Crippen LogP contribution is 2.21. The van der Waals surface area contributed by atoms with Crippen LogP contribution in [0, 0.1) is 11.6 Å². The minimum Gasteiger partial charge on any atom is -0.354 e. The van der Waals surface area contributed by atoms with Crippen molar-refractivity contribution in [3.8, 4) is 0 Å². The summed E-state index contributed by atoms with van der Waals surface area (Å²) in [5, 5.41) is 2.94. The van der Waals surface area contributed by atoms with Crippen LogP contribution in [0.5, 0.6) is 0 Å². The summed E-state index contributed by atoms with van der Waals surface area (Å²) in [6.45, 7) is 2.56. The Hall–Kier alpha value is -3.79. The van der Waals surface area contributed by atoms with Gasteiger partial charge in [0.1, 0.15) is 17.7 Å². The van der Waals surface area contributed by atoms with E-state index in [1.54, 1.807) is 12.1 Å². The number of nitrogens with zero attached hydrogens (tertiary/aromatic N) is 2. The Morgan fingerprint density at radius 3 is 2.05 bits per heavy atom. The molecule has 0 aliphatic heterocycles. The number of anilines is 1. The first-order valence-corrected chi connectivity index (χ1v) is 15.5. The van der Waals surface area contributed by atoms with Crippen molar-refractivity contribution in [1.29, 1.82) is 0 Å². The molecule has 0 spiro atoms. The lowest BCUT2D eigenvalue weighted by Crippen LogP contribution is -2.50. The average Bonchev–Trinajstić information content (AvgIpc) is 2.94. The Morgan fingerprint density at radius 2 is 1.46 bits per heavy atom. The van der Waals surface area contributed by atoms with E-state index in [1.807, 2.05) is 37.3 Å². The number of sulfonamides is 1. The highest BCUT2D eigenvalue weighted by Gasteiger charge is 2.30. The first-order chi connectivity index (χ1) is 19.6. The van der Waals surface area contributed by atoms with Crippen molar-refractivity contribution in [1.82, 2.24) is 10.2 Å². The van der Waals surface area contributed by atoms with Crippen molar-refractivity contribution in [2.75, 3.05) is 23.7 Å². The molecule has 0 aliphatic carbocycles. The van der Waals surface area contributed by atoms with Gasteiger partial charge in [-0.15, -0.1) is 0 Å². The van der Waals surface area contributed by atoms with E-state index in [1.165, 1.54) is 41.3 Å². The molecule has 3 rings (SSSR count). The number of rotatable bonds is 15. The summed E-state index contributed by atoms with van der Waals surface area (Å²) in [5.74, 6) is -1.53. The van der Waals surface area contributed by atoms with E-state index in [-0.39, 0.29) is 44.2 Å². The van der Waals surface area contributed by atoms with Crippen LogP contribution in [-0.4, -0.2) is 50.5 Å². The summed E-state index contributed by atoms with van der Waals surface area (Å²) in [4.78, 5) is 28.7. The zero-order valence-electron chi connectivity index (χ0n) is 23.4. The first kappa shape index (κ1) is 31.7. The third-order valence-electron chi connectivity index (χ3n) is 6.63. The van der Waals surface area contributed by atoms with Crippen molar-refractivity contribution >= 4 is 27.5 Å². The van der Waals surface area contributed by atoms with Gasteiger partial charge >= 0.3 is 0 Å². The number of nitrogens with one attached hydrogen (secondary N) is 1. The normalized spacial score (nSPS) is 12.0. The highest BCUT2D eigenvalue weighted by atomic mass is 32.2. The van der Waals surface area contributed by atoms with E-state index in [9.17, 15) is 26.8 Å². The molecule has 0 heterocycles. The van der Waals surface area contributed by atoms with Gasteiger partial charge in [0.05, 0.1) is 11.9 Å². The number of hydrogen-bond acceptors (Lipinski definition) is 4. The molecule has 7 nitrogen and oxygen atoms in total. The second kappa shape index (κ2) is 15.3. The van der Waals surface area contributed by atoms with Crippen molar-refractivity contribution in [3.63, 3.8) is 0 Å². The minimum atomic E-state index is -3.70. The molecule has 3 aromatic rings. The molecule has 0 radical (unpaired) electrons. The maximum atomic E-state index is 13.7. The quantitative estimate of drug-likeness (QED) is 0.253. The van der Waals surface area contributed by atoms with Crippen molar-refractivity contribution < 1.29 is 26.8 Å². The fourth-order valence-corrected chi connectivity index (χ4v) is 5.42. The van der Waals surface area contributed by atoms with Gasteiger partial charge in [-0.05, 0) is 60.4 Å². The Balaban J connectivity index is 1.86. The molecule has 0 bridgehead atoms. The summed E-state index contributed by atoms with van der Waals surface area (Å²) in [6.07, 6.45) is 3.14. The van der Waals surface area contributed by atoms with E-state index in [4.69, 9.17) is 0 Å². The molecule has 0 aliphatic rings. The molecule has 1 N–H and O–H groups in total. The largest absolute Gasteiger partial charge is 0.354 e. The van der Waals surface area contributed by atoms with Crippen LogP contribution in [0.2, 0.25) is 0 Å². The second-order valence-electron chi connectivity index (χ2n) is 9.91. The lowest BCUT2D eigenvalue weighted by atomic mass is 10.0. The van der Waals surface area contributed by atoms with Crippen LogP contribution in [0.15, 0.2) is 78.9 Å². The predicted molar refractivity (Wildman–Crippen MR) is 157 cm³/mol. The number of hydrogen-bond donors (Lipinski definition) is 1. The van der Waals surface area contributed by atoms with Crippen molar-refractivity contribution in [2.24, 2.45) is 0 Å². The Kier molecular flexibility index (Phi) is 11.8. The number of benzene rings is 3.